The minimum atomic E-state index is -3.72. The summed E-state index contributed by atoms with van der Waals surface area (Å²) in [6.07, 6.45) is 0. The fraction of sp³-hybridized carbons (Fsp3) is 0.421. The average molecular weight is 436 g/mol. The molecule has 3 rings (SSSR count). The average Bonchev–Trinajstić information content (AvgIpc) is 2.78. The highest BCUT2D eigenvalue weighted by atomic mass is 32.2. The van der Waals surface area contributed by atoms with Crippen molar-refractivity contribution in [2.24, 2.45) is 0 Å². The van der Waals surface area contributed by atoms with Gasteiger partial charge in [-0.3, -0.25) is 4.79 Å². The van der Waals surface area contributed by atoms with E-state index in [1.165, 1.54) is 30.7 Å². The van der Waals surface area contributed by atoms with E-state index in [0.29, 0.717) is 17.3 Å². The van der Waals surface area contributed by atoms with Gasteiger partial charge < -0.3 is 19.3 Å². The summed E-state index contributed by atoms with van der Waals surface area (Å²) in [5.74, 6) is 1.17. The first kappa shape index (κ1) is 21.8. The van der Waals surface area contributed by atoms with Crippen LogP contribution < -0.4 is 14.4 Å². The number of carbonyl (C=O) groups is 1. The topological polar surface area (TPSA) is 105 Å². The molecule has 1 aromatic carbocycles. The Bertz CT molecular complexity index is 1000. The van der Waals surface area contributed by atoms with E-state index in [1.807, 2.05) is 14.1 Å². The molecule has 0 saturated carbocycles. The van der Waals surface area contributed by atoms with Crippen molar-refractivity contribution in [1.29, 1.82) is 0 Å². The molecule has 162 valence electrons. The third-order valence-electron chi connectivity index (χ3n) is 4.85. The first-order chi connectivity index (χ1) is 14.3. The highest BCUT2D eigenvalue weighted by molar-refractivity contribution is 7.89. The molecular weight excluding hydrogens is 410 g/mol. The van der Waals surface area contributed by atoms with Crippen molar-refractivity contribution in [1.82, 2.24) is 19.4 Å². The Morgan fingerprint density at radius 3 is 2.17 bits per heavy atom. The molecule has 1 aliphatic rings. The van der Waals surface area contributed by atoms with Gasteiger partial charge in [-0.2, -0.15) is 4.31 Å². The maximum atomic E-state index is 13.0. The van der Waals surface area contributed by atoms with Crippen LogP contribution in [0.15, 0.2) is 35.2 Å². The van der Waals surface area contributed by atoms with Gasteiger partial charge in [0.25, 0.3) is 5.91 Å². The molecule has 10 nitrogen and oxygen atoms in total. The van der Waals surface area contributed by atoms with Gasteiger partial charge in [0.05, 0.1) is 19.1 Å². The Balaban J connectivity index is 1.69. The van der Waals surface area contributed by atoms with E-state index in [4.69, 9.17) is 9.47 Å². The largest absolute Gasteiger partial charge is 0.493 e. The number of ether oxygens (including phenoxy) is 2. The maximum absolute atomic E-state index is 13.0. The van der Waals surface area contributed by atoms with Gasteiger partial charge in [0.15, 0.2) is 23.0 Å². The summed E-state index contributed by atoms with van der Waals surface area (Å²) >= 11 is 0. The molecule has 0 bridgehead atoms. The first-order valence-corrected chi connectivity index (χ1v) is 10.7. The molecule has 0 N–H and O–H groups in total. The number of benzene rings is 1. The summed E-state index contributed by atoms with van der Waals surface area (Å²) < 4.78 is 37.7. The van der Waals surface area contributed by atoms with Gasteiger partial charge in [0.2, 0.25) is 10.0 Å². The predicted octanol–water partition coefficient (Wildman–Crippen LogP) is 0.707. The molecule has 1 aliphatic heterocycles. The second kappa shape index (κ2) is 8.84. The molecule has 1 aromatic heterocycles. The summed E-state index contributed by atoms with van der Waals surface area (Å²) in [5.41, 5.74) is 0.233. The zero-order chi connectivity index (χ0) is 21.9. The van der Waals surface area contributed by atoms with Crippen LogP contribution in [-0.2, 0) is 10.0 Å². The minimum absolute atomic E-state index is 0.116. The number of sulfonamides is 1. The van der Waals surface area contributed by atoms with Gasteiger partial charge in [-0.1, -0.05) is 0 Å². The molecule has 2 aromatic rings. The number of hydrogen-bond donors (Lipinski definition) is 0. The van der Waals surface area contributed by atoms with Crippen molar-refractivity contribution < 1.29 is 22.7 Å². The molecule has 30 heavy (non-hydrogen) atoms. The zero-order valence-corrected chi connectivity index (χ0v) is 18.2. The van der Waals surface area contributed by atoms with Crippen LogP contribution in [0.5, 0.6) is 11.5 Å². The SMILES string of the molecule is COc1ccc(S(=O)(=O)N2CCN(C(=O)c3ccc(N(C)C)nn3)CC2)cc1OC. The van der Waals surface area contributed by atoms with Crippen molar-refractivity contribution in [2.75, 3.05) is 59.4 Å². The highest BCUT2D eigenvalue weighted by Crippen LogP contribution is 2.31. The predicted molar refractivity (Wildman–Crippen MR) is 111 cm³/mol. The summed E-state index contributed by atoms with van der Waals surface area (Å²) in [6.45, 7) is 0.905. The number of hydrogen-bond acceptors (Lipinski definition) is 8. The standard InChI is InChI=1S/C19H25N5O5S/c1-22(2)18-8-6-15(20-21-18)19(25)23-9-11-24(12-10-23)30(26,27)14-5-7-16(28-3)17(13-14)29-4/h5-8,13H,9-12H2,1-4H3. The number of aromatic nitrogens is 2. The molecule has 1 amide bonds. The van der Waals surface area contributed by atoms with Crippen molar-refractivity contribution >= 4 is 21.7 Å². The van der Waals surface area contributed by atoms with Crippen LogP contribution in [0.2, 0.25) is 0 Å². The number of carbonyl (C=O) groups excluding carboxylic acids is 1. The first-order valence-electron chi connectivity index (χ1n) is 9.30. The Morgan fingerprint density at radius 1 is 0.967 bits per heavy atom. The quantitative estimate of drug-likeness (QED) is 0.653. The minimum Gasteiger partial charge on any atom is -0.493 e. The van der Waals surface area contributed by atoms with Crippen LogP contribution in [0, 0.1) is 0 Å². The fourth-order valence-corrected chi connectivity index (χ4v) is 4.54. The molecular formula is C19H25N5O5S. The zero-order valence-electron chi connectivity index (χ0n) is 17.4. The number of piperazine rings is 1. The van der Waals surface area contributed by atoms with Crippen molar-refractivity contribution in [3.63, 3.8) is 0 Å². The molecule has 0 atom stereocenters. The molecule has 1 fully saturated rings. The normalized spacial score (nSPS) is 15.0. The fourth-order valence-electron chi connectivity index (χ4n) is 3.10. The van der Waals surface area contributed by atoms with E-state index in [1.54, 1.807) is 28.0 Å². The van der Waals surface area contributed by atoms with Crippen molar-refractivity contribution in [2.45, 2.75) is 4.90 Å². The van der Waals surface area contributed by atoms with Crippen LogP contribution in [0.4, 0.5) is 5.82 Å². The van der Waals surface area contributed by atoms with Gasteiger partial charge in [0, 0.05) is 46.3 Å². The van der Waals surface area contributed by atoms with Crippen LogP contribution >= 0.6 is 0 Å². The molecule has 0 radical (unpaired) electrons. The van der Waals surface area contributed by atoms with E-state index in [9.17, 15) is 13.2 Å². The lowest BCUT2D eigenvalue weighted by Gasteiger charge is -2.33. The molecule has 0 unspecified atom stereocenters. The van der Waals surface area contributed by atoms with E-state index in [-0.39, 0.29) is 42.7 Å². The van der Waals surface area contributed by atoms with Crippen LogP contribution in [0.1, 0.15) is 10.5 Å². The van der Waals surface area contributed by atoms with Crippen LogP contribution in [0.3, 0.4) is 0 Å². The van der Waals surface area contributed by atoms with E-state index < -0.39 is 10.0 Å². The van der Waals surface area contributed by atoms with Gasteiger partial charge in [0.1, 0.15) is 0 Å². The van der Waals surface area contributed by atoms with E-state index in [0.717, 1.165) is 0 Å². The second-order valence-corrected chi connectivity index (χ2v) is 8.82. The number of amides is 1. The monoisotopic (exact) mass is 435 g/mol. The second-order valence-electron chi connectivity index (χ2n) is 6.88. The molecule has 1 saturated heterocycles. The Labute approximate surface area is 176 Å². The molecule has 0 aliphatic carbocycles. The third kappa shape index (κ3) is 4.31. The summed E-state index contributed by atoms with van der Waals surface area (Å²) in [7, 11) is 2.89. The number of anilines is 1. The molecule has 2 heterocycles. The summed E-state index contributed by atoms with van der Waals surface area (Å²) in [5, 5.41) is 8.00. The molecule has 0 spiro atoms. The van der Waals surface area contributed by atoms with Gasteiger partial charge in [-0.25, -0.2) is 8.42 Å². The third-order valence-corrected chi connectivity index (χ3v) is 6.74. The summed E-state index contributed by atoms with van der Waals surface area (Å²) in [6, 6.07) is 7.82. The lowest BCUT2D eigenvalue weighted by Crippen LogP contribution is -2.50. The van der Waals surface area contributed by atoms with E-state index in [2.05, 4.69) is 10.2 Å². The van der Waals surface area contributed by atoms with Gasteiger partial charge in [-0.05, 0) is 24.3 Å². The lowest BCUT2D eigenvalue weighted by atomic mass is 10.3. The molecule has 11 heteroatoms. The lowest BCUT2D eigenvalue weighted by molar-refractivity contribution is 0.0691. The van der Waals surface area contributed by atoms with Crippen LogP contribution in [-0.4, -0.2) is 88.2 Å². The van der Waals surface area contributed by atoms with Gasteiger partial charge >= 0.3 is 0 Å². The number of rotatable bonds is 6. The Morgan fingerprint density at radius 2 is 1.63 bits per heavy atom. The smallest absolute Gasteiger partial charge is 0.274 e. The Kier molecular flexibility index (Phi) is 6.42. The van der Waals surface area contributed by atoms with Crippen molar-refractivity contribution in [3.05, 3.63) is 36.0 Å². The maximum Gasteiger partial charge on any atom is 0.274 e. The highest BCUT2D eigenvalue weighted by Gasteiger charge is 2.31. The van der Waals surface area contributed by atoms with Crippen LogP contribution in [0.25, 0.3) is 0 Å². The van der Waals surface area contributed by atoms with E-state index >= 15 is 0 Å². The Hall–Kier alpha value is -2.92. The number of methoxy groups -OCH3 is 2. The summed E-state index contributed by atoms with van der Waals surface area (Å²) in [4.78, 5) is 16.2. The number of nitrogens with zero attached hydrogens (tertiary/aromatic N) is 5. The van der Waals surface area contributed by atoms with Gasteiger partial charge in [-0.15, -0.1) is 10.2 Å². The van der Waals surface area contributed by atoms with Crippen molar-refractivity contribution in [3.8, 4) is 11.5 Å².